The zero-order valence-corrected chi connectivity index (χ0v) is 12.4. The van der Waals surface area contributed by atoms with Crippen LogP contribution in [0.5, 0.6) is 0 Å². The van der Waals surface area contributed by atoms with Crippen LogP contribution in [0.2, 0.25) is 0 Å². The van der Waals surface area contributed by atoms with E-state index in [4.69, 9.17) is 0 Å². The second-order valence-electron chi connectivity index (χ2n) is 4.91. The lowest BCUT2D eigenvalue weighted by atomic mass is 10.3. The number of azo groups is 1. The van der Waals surface area contributed by atoms with E-state index < -0.39 is 13.5 Å². The van der Waals surface area contributed by atoms with E-state index in [2.05, 4.69) is 10.2 Å². The average Bonchev–Trinajstić information content (AvgIpc) is 2.45. The highest BCUT2D eigenvalue weighted by molar-refractivity contribution is 7.61. The minimum atomic E-state index is -2.13. The Labute approximate surface area is 119 Å². The lowest BCUT2D eigenvalue weighted by molar-refractivity contribution is 0.0831. The molecule has 1 unspecified atom stereocenters. The molecule has 0 aromatic heterocycles. The van der Waals surface area contributed by atoms with Crippen LogP contribution in [-0.2, 0) is 4.57 Å². The maximum Gasteiger partial charge on any atom is 0.170 e. The van der Waals surface area contributed by atoms with Crippen LogP contribution in [0.4, 0.5) is 5.69 Å². The van der Waals surface area contributed by atoms with Gasteiger partial charge in [-0.25, -0.2) is 0 Å². The first kappa shape index (κ1) is 14.6. The molecule has 104 valence electrons. The molecule has 4 nitrogen and oxygen atoms in total. The summed E-state index contributed by atoms with van der Waals surface area (Å²) in [6.45, 7) is 3.08. The van der Waals surface area contributed by atoms with Gasteiger partial charge < -0.3 is 9.67 Å². The first-order valence-electron chi connectivity index (χ1n) is 6.31. The first-order valence-corrected chi connectivity index (χ1v) is 7.72. The van der Waals surface area contributed by atoms with Crippen molar-refractivity contribution in [1.29, 1.82) is 0 Å². The molecule has 1 atom stereocenters. The van der Waals surface area contributed by atoms with E-state index in [0.29, 0.717) is 11.0 Å². The van der Waals surface area contributed by atoms with Gasteiger partial charge in [0.2, 0.25) is 0 Å². The van der Waals surface area contributed by atoms with Crippen molar-refractivity contribution in [2.75, 3.05) is 0 Å². The van der Waals surface area contributed by atoms with Crippen LogP contribution in [0.1, 0.15) is 13.8 Å². The molecule has 20 heavy (non-hydrogen) atoms. The summed E-state index contributed by atoms with van der Waals surface area (Å²) in [5.41, 5.74) is -0.710. The van der Waals surface area contributed by atoms with Crippen LogP contribution in [0, 0.1) is 0 Å². The zero-order valence-electron chi connectivity index (χ0n) is 11.4. The fourth-order valence-electron chi connectivity index (χ4n) is 1.67. The lowest BCUT2D eigenvalue weighted by Gasteiger charge is -2.09. The van der Waals surface area contributed by atoms with Gasteiger partial charge in [0.25, 0.3) is 0 Å². The Kier molecular flexibility index (Phi) is 4.48. The summed E-state index contributed by atoms with van der Waals surface area (Å²) in [5.74, 6) is 0. The van der Waals surface area contributed by atoms with Crippen molar-refractivity contribution >= 4 is 24.1 Å². The number of hydrogen-bond donors (Lipinski definition) is 1. The van der Waals surface area contributed by atoms with E-state index >= 15 is 0 Å². The topological polar surface area (TPSA) is 62.0 Å². The van der Waals surface area contributed by atoms with Gasteiger partial charge >= 0.3 is 0 Å². The van der Waals surface area contributed by atoms with E-state index in [0.717, 1.165) is 5.30 Å². The van der Waals surface area contributed by atoms with Crippen LogP contribution in [0.25, 0.3) is 0 Å². The number of hydrogen-bond acceptors (Lipinski definition) is 4. The Morgan fingerprint density at radius 3 is 2.25 bits per heavy atom. The third-order valence-electron chi connectivity index (χ3n) is 2.59. The van der Waals surface area contributed by atoms with Crippen LogP contribution >= 0.6 is 7.80 Å². The molecule has 0 aliphatic heterocycles. The highest BCUT2D eigenvalue weighted by atomic mass is 31.1. The third-order valence-corrected chi connectivity index (χ3v) is 4.36. The highest BCUT2D eigenvalue weighted by Gasteiger charge is 2.13. The monoisotopic (exact) mass is 288 g/mol. The van der Waals surface area contributed by atoms with Gasteiger partial charge in [-0.3, -0.25) is 0 Å². The summed E-state index contributed by atoms with van der Waals surface area (Å²) in [5, 5.41) is 18.9. The van der Waals surface area contributed by atoms with E-state index in [1.807, 2.05) is 42.5 Å². The molecule has 2 aromatic rings. The molecular weight excluding hydrogens is 271 g/mol. The van der Waals surface area contributed by atoms with E-state index in [-0.39, 0.29) is 0 Å². The van der Waals surface area contributed by atoms with E-state index in [9.17, 15) is 9.67 Å². The highest BCUT2D eigenvalue weighted by Crippen LogP contribution is 2.26. The largest absolute Gasteiger partial charge is 0.368 e. The normalized spacial score (nSPS) is 13.6. The number of aliphatic hydroxyl groups is 1. The van der Waals surface area contributed by atoms with Gasteiger partial charge in [0.05, 0.1) is 5.69 Å². The Hall–Kier alpha value is -1.77. The summed E-state index contributed by atoms with van der Waals surface area (Å²) >= 11 is 0. The number of nitrogens with zero attached hydrogens (tertiary/aromatic N) is 2. The first-order chi connectivity index (χ1) is 9.47. The number of benzene rings is 2. The van der Waals surface area contributed by atoms with Gasteiger partial charge in [-0.05, 0) is 26.0 Å². The predicted molar refractivity (Wildman–Crippen MR) is 82.0 cm³/mol. The minimum absolute atomic E-state index is 0.530. The average molecular weight is 288 g/mol. The summed E-state index contributed by atoms with van der Waals surface area (Å²) in [7, 11) is -2.13. The van der Waals surface area contributed by atoms with Crippen molar-refractivity contribution in [3.8, 4) is 0 Å². The van der Waals surface area contributed by atoms with Crippen molar-refractivity contribution in [2.24, 2.45) is 10.2 Å². The third kappa shape index (κ3) is 3.86. The van der Waals surface area contributed by atoms with Crippen LogP contribution in [0.15, 0.2) is 64.8 Å². The van der Waals surface area contributed by atoms with E-state index in [1.165, 1.54) is 0 Å². The molecule has 0 amide bonds. The van der Waals surface area contributed by atoms with Gasteiger partial charge in [0.1, 0.15) is 7.80 Å². The van der Waals surface area contributed by atoms with Gasteiger partial charge in [0, 0.05) is 10.6 Å². The van der Waals surface area contributed by atoms with Crippen molar-refractivity contribution in [3.63, 3.8) is 0 Å². The van der Waals surface area contributed by atoms with Crippen molar-refractivity contribution in [3.05, 3.63) is 54.6 Å². The second kappa shape index (κ2) is 6.12. The second-order valence-corrected chi connectivity index (χ2v) is 6.68. The van der Waals surface area contributed by atoms with Gasteiger partial charge in [0.15, 0.2) is 5.72 Å². The smallest absolute Gasteiger partial charge is 0.170 e. The minimum Gasteiger partial charge on any atom is -0.368 e. The summed E-state index contributed by atoms with van der Waals surface area (Å²) in [6.07, 6.45) is 0. The summed E-state index contributed by atoms with van der Waals surface area (Å²) < 4.78 is 12.6. The van der Waals surface area contributed by atoms with Gasteiger partial charge in [-0.15, -0.1) is 0 Å². The molecule has 0 aliphatic carbocycles. The SMILES string of the molecule is CC(C)(O)N=Nc1ccccc1[PH](=O)c1ccccc1. The van der Waals surface area contributed by atoms with Crippen LogP contribution < -0.4 is 10.6 Å². The summed E-state index contributed by atoms with van der Waals surface area (Å²) in [4.78, 5) is 0. The molecular formula is C15H17N2O2P. The molecule has 2 aromatic carbocycles. The molecule has 5 heteroatoms. The lowest BCUT2D eigenvalue weighted by Crippen LogP contribution is -2.13. The van der Waals surface area contributed by atoms with Crippen LogP contribution in [0.3, 0.4) is 0 Å². The standard InChI is InChI=1S/C15H17N2O2P/c1-15(2,18)17-16-13-10-6-7-11-14(13)20(19)12-8-4-3-5-9-12/h3-11,18,20H,1-2H3. The molecule has 0 radical (unpaired) electrons. The molecule has 1 N–H and O–H groups in total. The van der Waals surface area contributed by atoms with E-state index in [1.54, 1.807) is 26.0 Å². The van der Waals surface area contributed by atoms with Gasteiger partial charge in [-0.2, -0.15) is 10.2 Å². The van der Waals surface area contributed by atoms with Crippen molar-refractivity contribution in [2.45, 2.75) is 19.6 Å². The molecule has 0 spiro atoms. The quantitative estimate of drug-likeness (QED) is 0.694. The predicted octanol–water partition coefficient (Wildman–Crippen LogP) is 3.01. The van der Waals surface area contributed by atoms with Crippen molar-refractivity contribution < 1.29 is 9.67 Å². The molecule has 0 aliphatic rings. The van der Waals surface area contributed by atoms with Crippen molar-refractivity contribution in [1.82, 2.24) is 0 Å². The molecule has 0 saturated heterocycles. The Morgan fingerprint density at radius 2 is 1.60 bits per heavy atom. The Balaban J connectivity index is 2.38. The zero-order chi connectivity index (χ0) is 14.6. The molecule has 2 rings (SSSR count). The summed E-state index contributed by atoms with van der Waals surface area (Å²) in [6, 6.07) is 16.4. The maximum absolute atomic E-state index is 12.6. The Bertz CT molecular complexity index is 634. The molecule has 0 saturated carbocycles. The van der Waals surface area contributed by atoms with Crippen LogP contribution in [-0.4, -0.2) is 10.8 Å². The number of rotatable bonds is 4. The maximum atomic E-state index is 12.6. The fourth-order valence-corrected chi connectivity index (χ4v) is 3.09. The molecule has 0 bridgehead atoms. The Morgan fingerprint density at radius 1 is 1.00 bits per heavy atom. The fraction of sp³-hybridized carbons (Fsp3) is 0.200. The van der Waals surface area contributed by atoms with Gasteiger partial charge in [-0.1, -0.05) is 42.5 Å². The molecule has 0 fully saturated rings. The molecule has 0 heterocycles.